The van der Waals surface area contributed by atoms with E-state index in [9.17, 15) is 9.59 Å². The highest BCUT2D eigenvalue weighted by molar-refractivity contribution is 7.71. The Morgan fingerprint density at radius 3 is 2.78 bits per heavy atom. The van der Waals surface area contributed by atoms with Gasteiger partial charge in [-0.2, -0.15) is 0 Å². The highest BCUT2D eigenvalue weighted by Crippen LogP contribution is 2.19. The van der Waals surface area contributed by atoms with Gasteiger partial charge in [0.05, 0.1) is 23.6 Å². The molecule has 6 nitrogen and oxygen atoms in total. The lowest BCUT2D eigenvalue weighted by Gasteiger charge is -2.22. The molecule has 2 aliphatic rings. The number of carbonyl (C=O) groups excluding carboxylic acids is 1. The molecule has 144 valence electrons. The molecule has 4 rings (SSSR count). The molecule has 0 spiro atoms. The summed E-state index contributed by atoms with van der Waals surface area (Å²) in [6.45, 7) is 1.21. The molecule has 0 unspecified atom stereocenters. The molecule has 2 aromatic rings. The van der Waals surface area contributed by atoms with Crippen LogP contribution in [0.1, 0.15) is 55.3 Å². The predicted octanol–water partition coefficient (Wildman–Crippen LogP) is 3.30. The van der Waals surface area contributed by atoms with E-state index in [0.717, 1.165) is 32.3 Å². The maximum Gasteiger partial charge on any atom is 0.262 e. The van der Waals surface area contributed by atoms with Crippen molar-refractivity contribution in [2.75, 3.05) is 6.61 Å². The van der Waals surface area contributed by atoms with Crippen molar-refractivity contribution in [2.24, 2.45) is 0 Å². The molecule has 1 amide bonds. The molecular weight excluding hydrogens is 362 g/mol. The number of carbonyl (C=O) groups is 1. The van der Waals surface area contributed by atoms with Crippen molar-refractivity contribution in [1.29, 1.82) is 0 Å². The maximum absolute atomic E-state index is 12.9. The quantitative estimate of drug-likeness (QED) is 0.790. The summed E-state index contributed by atoms with van der Waals surface area (Å²) in [4.78, 5) is 28.5. The van der Waals surface area contributed by atoms with Crippen LogP contribution >= 0.6 is 12.2 Å². The Labute approximate surface area is 162 Å². The van der Waals surface area contributed by atoms with Crippen LogP contribution in [0.15, 0.2) is 23.0 Å². The summed E-state index contributed by atoms with van der Waals surface area (Å²) in [5.41, 5.74) is 1.02. The van der Waals surface area contributed by atoms with Gasteiger partial charge in [-0.3, -0.25) is 14.2 Å². The van der Waals surface area contributed by atoms with Gasteiger partial charge >= 0.3 is 0 Å². The Morgan fingerprint density at radius 2 is 2.04 bits per heavy atom. The average molecular weight is 388 g/mol. The van der Waals surface area contributed by atoms with Crippen molar-refractivity contribution in [1.82, 2.24) is 14.9 Å². The first kappa shape index (κ1) is 18.4. The van der Waals surface area contributed by atoms with Gasteiger partial charge in [-0.15, -0.1) is 0 Å². The third kappa shape index (κ3) is 3.99. The molecule has 1 aliphatic carbocycles. The Kier molecular flexibility index (Phi) is 5.41. The molecular formula is C20H25N3O3S. The number of nitrogens with one attached hydrogen (secondary N) is 2. The van der Waals surface area contributed by atoms with Gasteiger partial charge in [0.25, 0.3) is 11.5 Å². The highest BCUT2D eigenvalue weighted by Gasteiger charge is 2.19. The summed E-state index contributed by atoms with van der Waals surface area (Å²) in [6, 6.07) is 5.40. The molecule has 0 radical (unpaired) electrons. The molecule has 1 atom stereocenters. The fourth-order valence-electron chi connectivity index (χ4n) is 4.07. The van der Waals surface area contributed by atoms with E-state index in [2.05, 4.69) is 10.3 Å². The molecule has 2 N–H and O–H groups in total. The Balaban J connectivity index is 1.59. The van der Waals surface area contributed by atoms with Gasteiger partial charge in [0.15, 0.2) is 4.77 Å². The van der Waals surface area contributed by atoms with E-state index in [1.54, 1.807) is 22.8 Å². The summed E-state index contributed by atoms with van der Waals surface area (Å²) < 4.78 is 7.56. The Morgan fingerprint density at radius 1 is 1.22 bits per heavy atom. The van der Waals surface area contributed by atoms with Gasteiger partial charge < -0.3 is 15.0 Å². The number of amides is 1. The summed E-state index contributed by atoms with van der Waals surface area (Å²) in [7, 11) is 0. The van der Waals surface area contributed by atoms with Crippen LogP contribution in [0.3, 0.4) is 0 Å². The lowest BCUT2D eigenvalue weighted by atomic mass is 9.95. The first-order valence-electron chi connectivity index (χ1n) is 9.81. The summed E-state index contributed by atoms with van der Waals surface area (Å²) in [6.07, 6.45) is 7.65. The minimum atomic E-state index is -0.136. The highest BCUT2D eigenvalue weighted by atomic mass is 32.1. The van der Waals surface area contributed by atoms with Gasteiger partial charge in [0.1, 0.15) is 0 Å². The fraction of sp³-hybridized carbons (Fsp3) is 0.550. The summed E-state index contributed by atoms with van der Waals surface area (Å²) in [5.74, 6) is -0.0911. The first-order valence-corrected chi connectivity index (χ1v) is 10.2. The molecule has 0 bridgehead atoms. The van der Waals surface area contributed by atoms with E-state index in [1.165, 1.54) is 19.3 Å². The second-order valence-electron chi connectivity index (χ2n) is 7.55. The van der Waals surface area contributed by atoms with Crippen LogP contribution < -0.4 is 10.9 Å². The minimum absolute atomic E-state index is 0.0378. The smallest absolute Gasteiger partial charge is 0.262 e. The van der Waals surface area contributed by atoms with E-state index >= 15 is 0 Å². The summed E-state index contributed by atoms with van der Waals surface area (Å²) in [5, 5.41) is 3.65. The van der Waals surface area contributed by atoms with E-state index in [-0.39, 0.29) is 23.6 Å². The van der Waals surface area contributed by atoms with Crippen molar-refractivity contribution in [3.05, 3.63) is 38.9 Å². The SMILES string of the molecule is O=C(NC1CCCCC1)c1ccc2c(=O)n(C[C@H]3CCCO3)c(=S)[nH]c2c1. The normalized spacial score (nSPS) is 20.8. The van der Waals surface area contributed by atoms with Crippen LogP contribution in [-0.2, 0) is 11.3 Å². The molecule has 27 heavy (non-hydrogen) atoms. The second kappa shape index (κ2) is 7.94. The maximum atomic E-state index is 12.9. The zero-order chi connectivity index (χ0) is 18.8. The van der Waals surface area contributed by atoms with Crippen LogP contribution in [0.2, 0.25) is 0 Å². The molecule has 7 heteroatoms. The van der Waals surface area contributed by atoms with Crippen LogP contribution in [-0.4, -0.2) is 34.2 Å². The van der Waals surface area contributed by atoms with Gasteiger partial charge in [-0.25, -0.2) is 0 Å². The molecule has 1 saturated heterocycles. The topological polar surface area (TPSA) is 76.1 Å². The lowest BCUT2D eigenvalue weighted by Crippen LogP contribution is -2.36. The zero-order valence-corrected chi connectivity index (χ0v) is 16.1. The largest absolute Gasteiger partial charge is 0.376 e. The van der Waals surface area contributed by atoms with Crippen molar-refractivity contribution < 1.29 is 9.53 Å². The third-order valence-electron chi connectivity index (χ3n) is 5.59. The molecule has 1 aromatic heterocycles. The summed E-state index contributed by atoms with van der Waals surface area (Å²) >= 11 is 5.39. The predicted molar refractivity (Wildman–Crippen MR) is 107 cm³/mol. The van der Waals surface area contributed by atoms with Crippen LogP contribution in [0.5, 0.6) is 0 Å². The number of aromatic nitrogens is 2. The van der Waals surface area contributed by atoms with Crippen LogP contribution in [0.4, 0.5) is 0 Å². The van der Waals surface area contributed by atoms with Crippen molar-refractivity contribution in [3.63, 3.8) is 0 Å². The van der Waals surface area contributed by atoms with Gasteiger partial charge in [0, 0.05) is 18.2 Å². The van der Waals surface area contributed by atoms with E-state index in [4.69, 9.17) is 17.0 Å². The molecule has 1 aromatic carbocycles. The fourth-order valence-corrected chi connectivity index (χ4v) is 4.34. The zero-order valence-electron chi connectivity index (χ0n) is 15.3. The molecule has 2 fully saturated rings. The standard InChI is InChI=1S/C20H25N3O3S/c24-18(21-14-5-2-1-3-6-14)13-8-9-16-17(11-13)22-20(27)23(19(16)25)12-15-7-4-10-26-15/h8-9,11,14-15H,1-7,10,12H2,(H,21,24)(H,22,27)/t15-/m1/s1. The van der Waals surface area contributed by atoms with Crippen molar-refractivity contribution in [2.45, 2.75) is 63.6 Å². The first-order chi connectivity index (χ1) is 13.1. The number of aromatic amines is 1. The Bertz CT molecular complexity index is 953. The van der Waals surface area contributed by atoms with Gasteiger partial charge in [-0.1, -0.05) is 19.3 Å². The van der Waals surface area contributed by atoms with Crippen LogP contribution in [0, 0.1) is 4.77 Å². The number of benzene rings is 1. The molecule has 1 aliphatic heterocycles. The molecule has 2 heterocycles. The molecule has 1 saturated carbocycles. The van der Waals surface area contributed by atoms with E-state index in [0.29, 0.717) is 27.8 Å². The van der Waals surface area contributed by atoms with Crippen LogP contribution in [0.25, 0.3) is 10.9 Å². The number of nitrogens with zero attached hydrogens (tertiary/aromatic N) is 1. The lowest BCUT2D eigenvalue weighted by molar-refractivity contribution is 0.0927. The second-order valence-corrected chi connectivity index (χ2v) is 7.94. The number of H-pyrrole nitrogens is 1. The van der Waals surface area contributed by atoms with Gasteiger partial charge in [0.2, 0.25) is 0 Å². The van der Waals surface area contributed by atoms with Crippen molar-refractivity contribution >= 4 is 29.0 Å². The van der Waals surface area contributed by atoms with E-state index in [1.807, 2.05) is 0 Å². The number of ether oxygens (including phenoxy) is 1. The van der Waals surface area contributed by atoms with Crippen molar-refractivity contribution in [3.8, 4) is 0 Å². The van der Waals surface area contributed by atoms with Gasteiger partial charge in [-0.05, 0) is 56.1 Å². The van der Waals surface area contributed by atoms with E-state index < -0.39 is 0 Å². The average Bonchev–Trinajstić information content (AvgIpc) is 3.19. The number of hydrogen-bond acceptors (Lipinski definition) is 4. The number of hydrogen-bond donors (Lipinski definition) is 2. The minimum Gasteiger partial charge on any atom is -0.376 e. The third-order valence-corrected chi connectivity index (χ3v) is 5.92. The number of fused-ring (bicyclic) bond motifs is 1. The number of rotatable bonds is 4. The Hall–Kier alpha value is -1.99. The monoisotopic (exact) mass is 387 g/mol.